The fourth-order valence-corrected chi connectivity index (χ4v) is 3.87. The van der Waals surface area contributed by atoms with Gasteiger partial charge in [-0.2, -0.15) is 0 Å². The molecule has 0 saturated heterocycles. The minimum Gasteiger partial charge on any atom is -0.508 e. The third-order valence-corrected chi connectivity index (χ3v) is 10.3. The molecule has 1 unspecified atom stereocenters. The Morgan fingerprint density at radius 2 is 1.84 bits per heavy atom. The summed E-state index contributed by atoms with van der Waals surface area (Å²) in [5.74, 6) is 0.546. The van der Waals surface area contributed by atoms with E-state index in [0.29, 0.717) is 6.61 Å². The first-order chi connectivity index (χ1) is 11.5. The summed E-state index contributed by atoms with van der Waals surface area (Å²) in [6, 6.07) is 7.28. The summed E-state index contributed by atoms with van der Waals surface area (Å²) in [5, 5.41) is 14.1. The zero-order valence-electron chi connectivity index (χ0n) is 16.7. The highest BCUT2D eigenvalue weighted by molar-refractivity contribution is 6.74. The maximum atomic E-state index is 9.55. The topological polar surface area (TPSA) is 51.0 Å². The molecule has 25 heavy (non-hydrogen) atoms. The van der Waals surface area contributed by atoms with Crippen LogP contribution in [0.1, 0.15) is 53.0 Å². The summed E-state index contributed by atoms with van der Waals surface area (Å²) in [6.45, 7) is 16.3. The van der Waals surface area contributed by atoms with Crippen molar-refractivity contribution in [2.24, 2.45) is 11.1 Å². The van der Waals surface area contributed by atoms with Crippen molar-refractivity contribution in [1.82, 2.24) is 0 Å². The molecule has 1 aliphatic rings. The van der Waals surface area contributed by atoms with Crippen LogP contribution in [0.2, 0.25) is 18.1 Å². The minimum absolute atomic E-state index is 0.217. The first-order valence-electron chi connectivity index (χ1n) is 9.15. The van der Waals surface area contributed by atoms with Crippen molar-refractivity contribution < 1.29 is 14.4 Å². The molecule has 1 aromatic rings. The molecular formula is C20H33NO3Si. The van der Waals surface area contributed by atoms with Crippen LogP contribution < -0.4 is 0 Å². The molecule has 1 aliphatic heterocycles. The molecule has 1 heterocycles. The van der Waals surface area contributed by atoms with E-state index >= 15 is 0 Å². The lowest BCUT2D eigenvalue weighted by molar-refractivity contribution is -0.0593. The molecular weight excluding hydrogens is 330 g/mol. The summed E-state index contributed by atoms with van der Waals surface area (Å²) >= 11 is 0. The van der Waals surface area contributed by atoms with E-state index in [4.69, 9.17) is 9.26 Å². The van der Waals surface area contributed by atoms with Gasteiger partial charge in [-0.3, -0.25) is 0 Å². The summed E-state index contributed by atoms with van der Waals surface area (Å²) in [7, 11) is -1.73. The van der Waals surface area contributed by atoms with Crippen molar-refractivity contribution in [3.05, 3.63) is 29.8 Å². The van der Waals surface area contributed by atoms with Crippen LogP contribution in [0.4, 0.5) is 0 Å². The van der Waals surface area contributed by atoms with E-state index in [1.165, 1.54) is 0 Å². The van der Waals surface area contributed by atoms with Gasteiger partial charge in [-0.25, -0.2) is 0 Å². The standard InChI is InChI=1S/C20H33NO3Si/c1-15(2)20(16-8-10-18(22)11-9-16)14-17(21-24-20)12-13-23-25(6,7)19(3,4)5/h8-11,15,22H,12-14H2,1-7H3. The molecule has 0 radical (unpaired) electrons. The lowest BCUT2D eigenvalue weighted by Crippen LogP contribution is -2.41. The van der Waals surface area contributed by atoms with Gasteiger partial charge in [0.2, 0.25) is 0 Å². The first kappa shape index (κ1) is 20.0. The number of hydrogen-bond donors (Lipinski definition) is 1. The monoisotopic (exact) mass is 363 g/mol. The van der Waals surface area contributed by atoms with E-state index in [2.05, 4.69) is 52.9 Å². The van der Waals surface area contributed by atoms with Gasteiger partial charge in [0.1, 0.15) is 5.75 Å². The Morgan fingerprint density at radius 3 is 2.36 bits per heavy atom. The van der Waals surface area contributed by atoms with Crippen molar-refractivity contribution in [3.63, 3.8) is 0 Å². The Bertz CT molecular complexity index is 617. The Balaban J connectivity index is 2.01. The molecule has 1 N–H and O–H groups in total. The van der Waals surface area contributed by atoms with Crippen LogP contribution in [0.3, 0.4) is 0 Å². The number of rotatable bonds is 6. The average Bonchev–Trinajstić information content (AvgIpc) is 2.92. The molecule has 140 valence electrons. The molecule has 0 amide bonds. The molecule has 1 atom stereocenters. The van der Waals surface area contributed by atoms with Crippen molar-refractivity contribution in [1.29, 1.82) is 0 Å². The van der Waals surface area contributed by atoms with Crippen LogP contribution in [0.5, 0.6) is 5.75 Å². The highest BCUT2D eigenvalue weighted by atomic mass is 28.4. The van der Waals surface area contributed by atoms with Gasteiger partial charge in [0.05, 0.1) is 5.71 Å². The predicted octanol–water partition coefficient (Wildman–Crippen LogP) is 5.43. The maximum absolute atomic E-state index is 9.55. The number of aromatic hydroxyl groups is 1. The normalized spacial score (nSPS) is 21.4. The molecule has 4 nitrogen and oxygen atoms in total. The van der Waals surface area contributed by atoms with E-state index in [1.54, 1.807) is 12.1 Å². The van der Waals surface area contributed by atoms with Crippen LogP contribution in [0.25, 0.3) is 0 Å². The first-order valence-corrected chi connectivity index (χ1v) is 12.1. The average molecular weight is 364 g/mol. The van der Waals surface area contributed by atoms with Crippen LogP contribution in [-0.4, -0.2) is 25.7 Å². The fourth-order valence-electron chi connectivity index (χ4n) is 2.83. The number of phenols is 1. The van der Waals surface area contributed by atoms with E-state index in [1.807, 2.05) is 12.1 Å². The summed E-state index contributed by atoms with van der Waals surface area (Å²) in [4.78, 5) is 5.95. The van der Waals surface area contributed by atoms with Crippen LogP contribution in [-0.2, 0) is 14.9 Å². The SMILES string of the molecule is CC(C)C1(c2ccc(O)cc2)CC(CCO[Si](C)(C)C(C)(C)C)=NO1. The van der Waals surface area contributed by atoms with E-state index < -0.39 is 13.9 Å². The smallest absolute Gasteiger partial charge is 0.191 e. The zero-order chi connectivity index (χ0) is 18.9. The lowest BCUT2D eigenvalue weighted by atomic mass is 9.79. The molecule has 0 aliphatic carbocycles. The maximum Gasteiger partial charge on any atom is 0.191 e. The van der Waals surface area contributed by atoms with Gasteiger partial charge >= 0.3 is 0 Å². The molecule has 0 spiro atoms. The number of hydrogen-bond acceptors (Lipinski definition) is 4. The summed E-state index contributed by atoms with van der Waals surface area (Å²) in [6.07, 6.45) is 1.58. The molecule has 0 fully saturated rings. The van der Waals surface area contributed by atoms with Crippen LogP contribution >= 0.6 is 0 Å². The van der Waals surface area contributed by atoms with Crippen LogP contribution in [0.15, 0.2) is 29.4 Å². The van der Waals surface area contributed by atoms with Gasteiger partial charge in [-0.1, -0.05) is 51.9 Å². The third kappa shape index (κ3) is 4.26. The molecule has 2 rings (SSSR count). The second-order valence-corrected chi connectivity index (χ2v) is 13.7. The van der Waals surface area contributed by atoms with Gasteiger partial charge in [0, 0.05) is 25.4 Å². The number of nitrogens with zero attached hydrogens (tertiary/aromatic N) is 1. The quantitative estimate of drug-likeness (QED) is 0.685. The second kappa shape index (κ2) is 7.12. The molecule has 0 saturated carbocycles. The number of oxime groups is 1. The van der Waals surface area contributed by atoms with Crippen LogP contribution in [0, 0.1) is 5.92 Å². The van der Waals surface area contributed by atoms with E-state index in [-0.39, 0.29) is 16.7 Å². The largest absolute Gasteiger partial charge is 0.508 e. The number of phenolic OH excluding ortho intramolecular Hbond substituents is 1. The van der Waals surface area contributed by atoms with E-state index in [9.17, 15) is 5.11 Å². The van der Waals surface area contributed by atoms with Gasteiger partial charge in [0.25, 0.3) is 0 Å². The fraction of sp³-hybridized carbons (Fsp3) is 0.650. The second-order valence-electron chi connectivity index (χ2n) is 8.88. The summed E-state index contributed by atoms with van der Waals surface area (Å²) in [5.41, 5.74) is 1.67. The molecule has 0 bridgehead atoms. The number of benzene rings is 1. The minimum atomic E-state index is -1.73. The Labute approximate surface area is 153 Å². The zero-order valence-corrected chi connectivity index (χ0v) is 17.7. The molecule has 0 aromatic heterocycles. The highest BCUT2D eigenvalue weighted by Gasteiger charge is 2.44. The van der Waals surface area contributed by atoms with Gasteiger partial charge in [-0.05, 0) is 35.8 Å². The van der Waals surface area contributed by atoms with Crippen molar-refractivity contribution in [2.75, 3.05) is 6.61 Å². The Morgan fingerprint density at radius 1 is 1.24 bits per heavy atom. The van der Waals surface area contributed by atoms with Gasteiger partial charge < -0.3 is 14.4 Å². The Hall–Kier alpha value is -1.33. The van der Waals surface area contributed by atoms with Crippen molar-refractivity contribution in [3.8, 4) is 5.75 Å². The summed E-state index contributed by atoms with van der Waals surface area (Å²) < 4.78 is 6.28. The lowest BCUT2D eigenvalue weighted by Gasteiger charge is -2.36. The van der Waals surface area contributed by atoms with Crippen molar-refractivity contribution in [2.45, 2.75) is 71.2 Å². The van der Waals surface area contributed by atoms with Gasteiger partial charge in [0.15, 0.2) is 13.9 Å². The Kier molecular flexibility index (Phi) is 5.69. The van der Waals surface area contributed by atoms with Crippen molar-refractivity contribution >= 4 is 14.0 Å². The predicted molar refractivity (Wildman–Crippen MR) is 106 cm³/mol. The van der Waals surface area contributed by atoms with Gasteiger partial charge in [-0.15, -0.1) is 0 Å². The highest BCUT2D eigenvalue weighted by Crippen LogP contribution is 2.42. The molecule has 1 aromatic carbocycles. The third-order valence-electron chi connectivity index (χ3n) is 5.75. The van der Waals surface area contributed by atoms with E-state index in [0.717, 1.165) is 24.1 Å². The molecule has 5 heteroatoms.